The Labute approximate surface area is 164 Å². The second-order valence-corrected chi connectivity index (χ2v) is 8.21. The van der Waals surface area contributed by atoms with Gasteiger partial charge in [-0.3, -0.25) is 14.5 Å². The minimum absolute atomic E-state index is 0.0422. The maximum atomic E-state index is 13.0. The van der Waals surface area contributed by atoms with Crippen LogP contribution < -0.4 is 9.47 Å². The van der Waals surface area contributed by atoms with Gasteiger partial charge in [0.25, 0.3) is 11.8 Å². The predicted octanol–water partition coefficient (Wildman–Crippen LogP) is 3.35. The van der Waals surface area contributed by atoms with Crippen LogP contribution in [-0.2, 0) is 14.3 Å². The Morgan fingerprint density at radius 2 is 1.67 bits per heavy atom. The third-order valence-electron chi connectivity index (χ3n) is 3.92. The van der Waals surface area contributed by atoms with E-state index in [1.165, 1.54) is 23.8 Å². The number of carbonyl (C=O) groups excluding carboxylic acids is 2. The van der Waals surface area contributed by atoms with Crippen molar-refractivity contribution in [2.75, 3.05) is 27.4 Å². The minimum Gasteiger partial charge on any atom is -0.493 e. The molecule has 148 valence electrons. The van der Waals surface area contributed by atoms with Crippen LogP contribution in [0, 0.1) is 0 Å². The molecule has 1 aromatic carbocycles. The topological polar surface area (TPSA) is 65.1 Å². The van der Waals surface area contributed by atoms with Gasteiger partial charge in [0.2, 0.25) is 0 Å². The molecule has 1 aliphatic rings. The van der Waals surface area contributed by atoms with Crippen molar-refractivity contribution in [1.29, 1.82) is 0 Å². The number of nitrogens with zero attached hydrogens (tertiary/aromatic N) is 1. The molecule has 2 rings (SSSR count). The quantitative estimate of drug-likeness (QED) is 0.600. The first kappa shape index (κ1) is 21.3. The highest BCUT2D eigenvalue weighted by molar-refractivity contribution is 8.04. The second-order valence-electron chi connectivity index (χ2n) is 6.62. The third-order valence-corrected chi connectivity index (χ3v) is 5.00. The third kappa shape index (κ3) is 4.84. The highest BCUT2D eigenvalue weighted by Gasteiger charge is 2.39. The fourth-order valence-corrected chi connectivity index (χ4v) is 3.73. The van der Waals surface area contributed by atoms with E-state index in [1.807, 2.05) is 27.7 Å². The van der Waals surface area contributed by atoms with Gasteiger partial charge in [0.15, 0.2) is 11.5 Å². The molecule has 0 bridgehead atoms. The summed E-state index contributed by atoms with van der Waals surface area (Å²) >= 11 is 1.40. The van der Waals surface area contributed by atoms with Crippen LogP contribution in [0.2, 0.25) is 0 Å². The minimum atomic E-state index is -0.303. The van der Waals surface area contributed by atoms with E-state index in [0.717, 1.165) is 0 Å². The maximum Gasteiger partial charge on any atom is 0.268 e. The van der Waals surface area contributed by atoms with Gasteiger partial charge in [-0.05, 0) is 31.5 Å². The van der Waals surface area contributed by atoms with Gasteiger partial charge in [-0.15, -0.1) is 11.8 Å². The molecule has 0 fully saturated rings. The zero-order chi connectivity index (χ0) is 20.1. The van der Waals surface area contributed by atoms with Crippen LogP contribution in [0.25, 0.3) is 5.57 Å². The number of carbonyl (C=O) groups is 2. The Hall–Kier alpha value is -1.99. The van der Waals surface area contributed by atoms with Gasteiger partial charge in [0.1, 0.15) is 0 Å². The van der Waals surface area contributed by atoms with Crippen molar-refractivity contribution in [3.8, 4) is 11.5 Å². The number of imide groups is 1. The van der Waals surface area contributed by atoms with Crippen molar-refractivity contribution < 1.29 is 23.8 Å². The summed E-state index contributed by atoms with van der Waals surface area (Å²) in [4.78, 5) is 27.7. The summed E-state index contributed by atoms with van der Waals surface area (Å²) in [5, 5.41) is 0.166. The summed E-state index contributed by atoms with van der Waals surface area (Å²) in [6, 6.07) is 5.24. The summed E-state index contributed by atoms with van der Waals surface area (Å²) < 4.78 is 16.1. The number of ether oxygens (including phenoxy) is 3. The Morgan fingerprint density at radius 1 is 1.00 bits per heavy atom. The van der Waals surface area contributed by atoms with Gasteiger partial charge >= 0.3 is 0 Å². The van der Waals surface area contributed by atoms with Gasteiger partial charge < -0.3 is 14.2 Å². The number of hydrogen-bond acceptors (Lipinski definition) is 6. The highest BCUT2D eigenvalue weighted by atomic mass is 32.2. The van der Waals surface area contributed by atoms with Crippen LogP contribution in [0.1, 0.15) is 33.3 Å². The summed E-state index contributed by atoms with van der Waals surface area (Å²) in [5.41, 5.74) is 1.05. The molecule has 7 heteroatoms. The fraction of sp³-hybridized carbons (Fsp3) is 0.500. The van der Waals surface area contributed by atoms with E-state index < -0.39 is 0 Å². The largest absolute Gasteiger partial charge is 0.493 e. The average molecular weight is 394 g/mol. The molecule has 0 radical (unpaired) electrons. The zero-order valence-corrected chi connectivity index (χ0v) is 17.5. The van der Waals surface area contributed by atoms with Crippen molar-refractivity contribution in [2.24, 2.45) is 0 Å². The lowest BCUT2D eigenvalue weighted by atomic mass is 10.1. The van der Waals surface area contributed by atoms with E-state index in [4.69, 9.17) is 14.2 Å². The number of hydrogen-bond donors (Lipinski definition) is 0. The van der Waals surface area contributed by atoms with Gasteiger partial charge in [-0.25, -0.2) is 0 Å². The van der Waals surface area contributed by atoms with Gasteiger partial charge in [0, 0.05) is 5.25 Å². The van der Waals surface area contributed by atoms with Crippen molar-refractivity contribution in [1.82, 2.24) is 4.90 Å². The number of amides is 2. The lowest BCUT2D eigenvalue weighted by molar-refractivity contribution is -0.137. The Morgan fingerprint density at radius 3 is 2.22 bits per heavy atom. The van der Waals surface area contributed by atoms with Crippen molar-refractivity contribution in [3.63, 3.8) is 0 Å². The zero-order valence-electron chi connectivity index (χ0n) is 16.7. The number of benzene rings is 1. The van der Waals surface area contributed by atoms with Gasteiger partial charge in [-0.2, -0.15) is 0 Å². The normalized spacial score (nSPS) is 14.7. The molecule has 6 nitrogen and oxygen atoms in total. The van der Waals surface area contributed by atoms with Crippen LogP contribution in [-0.4, -0.2) is 55.4 Å². The van der Waals surface area contributed by atoms with Gasteiger partial charge in [-0.1, -0.05) is 19.9 Å². The smallest absolute Gasteiger partial charge is 0.268 e. The first-order valence-corrected chi connectivity index (χ1v) is 9.79. The summed E-state index contributed by atoms with van der Waals surface area (Å²) in [6.45, 7) is 8.36. The Balaban J connectivity index is 2.41. The van der Waals surface area contributed by atoms with Crippen LogP contribution in [0.5, 0.6) is 11.5 Å². The molecule has 0 spiro atoms. The molecule has 1 aliphatic heterocycles. The van der Waals surface area contributed by atoms with E-state index >= 15 is 0 Å². The first-order chi connectivity index (χ1) is 12.8. The van der Waals surface area contributed by atoms with E-state index in [-0.39, 0.29) is 29.7 Å². The summed E-state index contributed by atoms with van der Waals surface area (Å²) in [5.74, 6) is 0.510. The van der Waals surface area contributed by atoms with Crippen LogP contribution >= 0.6 is 11.8 Å². The van der Waals surface area contributed by atoms with E-state index in [2.05, 4.69) is 0 Å². The lowest BCUT2D eigenvalue weighted by Crippen LogP contribution is -2.35. The molecule has 0 N–H and O–H groups in total. The van der Waals surface area contributed by atoms with E-state index in [9.17, 15) is 9.59 Å². The molecule has 0 aliphatic carbocycles. The molecule has 1 heterocycles. The molecular weight excluding hydrogens is 366 g/mol. The number of methoxy groups -OCH3 is 2. The molecule has 0 unspecified atom stereocenters. The summed E-state index contributed by atoms with van der Waals surface area (Å²) in [7, 11) is 3.09. The molecular formula is C20H27NO5S. The molecule has 0 aromatic heterocycles. The Bertz CT molecular complexity index is 742. The molecule has 0 saturated carbocycles. The van der Waals surface area contributed by atoms with Crippen LogP contribution in [0.4, 0.5) is 0 Å². The number of thioether (sulfide) groups is 1. The standard InChI is InChI=1S/C20H27NO5S/c1-12(2)26-10-9-21-19(22)17(18(20(21)23)27-13(3)4)14-7-8-15(24-5)16(11-14)25-6/h7-8,11-13H,9-10H2,1-6H3. The Kier molecular flexibility index (Phi) is 7.33. The number of rotatable bonds is 9. The molecule has 0 atom stereocenters. The van der Waals surface area contributed by atoms with E-state index in [1.54, 1.807) is 25.3 Å². The molecule has 27 heavy (non-hydrogen) atoms. The van der Waals surface area contributed by atoms with Crippen LogP contribution in [0.15, 0.2) is 23.1 Å². The second kappa shape index (κ2) is 9.28. The fourth-order valence-electron chi connectivity index (χ4n) is 2.73. The highest BCUT2D eigenvalue weighted by Crippen LogP contribution is 2.40. The summed E-state index contributed by atoms with van der Waals surface area (Å²) in [6.07, 6.45) is 0.0422. The first-order valence-electron chi connectivity index (χ1n) is 8.91. The molecule has 0 saturated heterocycles. The van der Waals surface area contributed by atoms with Crippen molar-refractivity contribution >= 4 is 29.1 Å². The SMILES string of the molecule is COc1ccc(C2=C(SC(C)C)C(=O)N(CCOC(C)C)C2=O)cc1OC. The maximum absolute atomic E-state index is 13.0. The molecule has 1 aromatic rings. The van der Waals surface area contributed by atoms with Crippen LogP contribution in [0.3, 0.4) is 0 Å². The van der Waals surface area contributed by atoms with Gasteiger partial charge in [0.05, 0.1) is 44.0 Å². The molecule has 2 amide bonds. The predicted molar refractivity (Wildman–Crippen MR) is 107 cm³/mol. The monoisotopic (exact) mass is 393 g/mol. The lowest BCUT2D eigenvalue weighted by Gasteiger charge is -2.16. The van der Waals surface area contributed by atoms with E-state index in [0.29, 0.717) is 34.1 Å². The average Bonchev–Trinajstić information content (AvgIpc) is 2.84. The van der Waals surface area contributed by atoms with Crippen molar-refractivity contribution in [2.45, 2.75) is 39.0 Å². The van der Waals surface area contributed by atoms with Crippen molar-refractivity contribution in [3.05, 3.63) is 28.7 Å².